The summed E-state index contributed by atoms with van der Waals surface area (Å²) in [5.41, 5.74) is 2.87. The molecule has 11 nitrogen and oxygen atoms in total. The molecule has 6 saturated carbocycles. The fourth-order valence-electron chi connectivity index (χ4n) is 18.3. The minimum absolute atomic E-state index is 0. The molecule has 14 atom stereocenters. The van der Waals surface area contributed by atoms with E-state index in [9.17, 15) is 15.3 Å². The fraction of sp³-hybridized carbons (Fsp3) is 0.765. The third-order valence-electron chi connectivity index (χ3n) is 20.5. The molecule has 2 saturated heterocycles. The van der Waals surface area contributed by atoms with Crippen molar-refractivity contribution in [2.24, 2.45) is 22.7 Å². The van der Waals surface area contributed by atoms with Gasteiger partial charge in [0.05, 0.1) is 18.3 Å². The summed E-state index contributed by atoms with van der Waals surface area (Å²) in [5, 5.41) is 34.3. The maximum absolute atomic E-state index is 11.8. The van der Waals surface area contributed by atoms with Crippen LogP contribution in [0.5, 0.6) is 23.0 Å². The van der Waals surface area contributed by atoms with Crippen molar-refractivity contribution in [1.29, 1.82) is 0 Å². The first kappa shape index (κ1) is 47.1. The van der Waals surface area contributed by atoms with Crippen LogP contribution in [0.1, 0.15) is 127 Å². The van der Waals surface area contributed by atoms with Gasteiger partial charge in [-0.25, -0.2) is 0 Å². The van der Waals surface area contributed by atoms with Gasteiger partial charge >= 0.3 is 51.4 Å². The Morgan fingerprint density at radius 3 is 1.57 bits per heavy atom. The van der Waals surface area contributed by atoms with Gasteiger partial charge in [-0.3, -0.25) is 0 Å². The summed E-state index contributed by atoms with van der Waals surface area (Å²) in [5.74, 6) is 2.84. The number of likely N-dealkylation sites (N-methyl/N-ethyl adjacent to an activating group) is 2. The number of likely N-dealkylation sites (tertiary alicyclic amines) is 2. The third-order valence-corrected chi connectivity index (χ3v) is 20.5. The van der Waals surface area contributed by atoms with Gasteiger partial charge in [-0.05, 0) is 141 Å². The second-order valence-electron chi connectivity index (χ2n) is 22.3. The van der Waals surface area contributed by atoms with Crippen LogP contribution < -0.4 is 65.6 Å². The van der Waals surface area contributed by atoms with E-state index in [0.717, 1.165) is 114 Å². The zero-order valence-electron chi connectivity index (χ0n) is 39.8. The molecular formula is C51H73KN2O9. The maximum Gasteiger partial charge on any atom is 1.00 e. The normalized spacial score (nSPS) is 43.0. The van der Waals surface area contributed by atoms with Crippen molar-refractivity contribution in [3.8, 4) is 23.0 Å². The van der Waals surface area contributed by atoms with Crippen LogP contribution in [0.3, 0.4) is 0 Å². The molecule has 4 spiro atoms. The van der Waals surface area contributed by atoms with Crippen molar-refractivity contribution < 1.29 is 95.9 Å². The largest absolute Gasteiger partial charge is 1.00 e. The summed E-state index contributed by atoms with van der Waals surface area (Å²) in [6.45, 7) is 10.5. The summed E-state index contributed by atoms with van der Waals surface area (Å²) >= 11 is 0. The molecule has 4 heterocycles. The van der Waals surface area contributed by atoms with Crippen molar-refractivity contribution in [2.45, 2.75) is 175 Å². The molecule has 0 unspecified atom stereocenters. The molecule has 4 aliphatic heterocycles. The molecule has 8 bridgehead atoms. The number of methoxy groups -OCH3 is 3. The Morgan fingerprint density at radius 2 is 1.13 bits per heavy atom. The van der Waals surface area contributed by atoms with Crippen LogP contribution in [0.25, 0.3) is 0 Å². The van der Waals surface area contributed by atoms with Crippen LogP contribution >= 0.6 is 0 Å². The number of aliphatic hydroxyl groups is 2. The van der Waals surface area contributed by atoms with E-state index >= 15 is 0 Å². The number of piperidine rings is 2. The Balaban J connectivity index is 0.000000155. The average molecular weight is 897 g/mol. The van der Waals surface area contributed by atoms with E-state index in [1.54, 1.807) is 7.11 Å². The molecule has 2 aromatic carbocycles. The molecular weight excluding hydrogens is 824 g/mol. The first-order valence-corrected chi connectivity index (χ1v) is 23.9. The third kappa shape index (κ3) is 5.36. The summed E-state index contributed by atoms with van der Waals surface area (Å²) in [7, 11) is 9.98. The van der Waals surface area contributed by atoms with E-state index in [0.29, 0.717) is 17.8 Å². The maximum atomic E-state index is 11.8. The molecule has 63 heavy (non-hydrogen) atoms. The van der Waals surface area contributed by atoms with E-state index in [2.05, 4.69) is 55.9 Å². The predicted octanol–water partition coefficient (Wildman–Crippen LogP) is 3.91. The standard InChI is InChI=1S/C26H37NO4.C25H35NO4.K.H2O/c1-6-9-23(2,28)18-15-24-10-11-26(18,30-5)22-25(24)12-13-27(3)19(24)14-16-7-8-17(29-4)21(31-22)20(16)25;1-5-8-22(2,28)17-14-23-9-10-25(17,29-4)21-24(23)11-12-26(3)18(23)13-15-6-7-16(27)20(30-21)19(15)24;;/h7-8,18-19,22,28H,6,9-15H2,1-5H3;6-7,17-18,21,27-28H,5,8-14H2,1-4H3;;1H2/q;;+1;/p-1/t18-,19-,22-,23+,24-,25+,26-;17-,18-,21-,22+,23-,24+,25-;;/m11../s1. The Hall–Kier alpha value is -1.00. The number of fused-ring (bicyclic) bond motifs is 4. The molecule has 0 amide bonds. The van der Waals surface area contributed by atoms with Crippen LogP contribution in [0.15, 0.2) is 24.3 Å². The minimum Gasteiger partial charge on any atom is -0.870 e. The van der Waals surface area contributed by atoms with Gasteiger partial charge in [-0.2, -0.15) is 0 Å². The molecule has 4 N–H and O–H groups in total. The van der Waals surface area contributed by atoms with Crippen molar-refractivity contribution >= 4 is 0 Å². The number of aromatic hydroxyl groups is 1. The van der Waals surface area contributed by atoms with E-state index in [1.165, 1.54) is 22.3 Å². The van der Waals surface area contributed by atoms with Crippen LogP contribution in [0, 0.1) is 22.7 Å². The Bertz CT molecular complexity index is 2150. The van der Waals surface area contributed by atoms with Gasteiger partial charge in [0.25, 0.3) is 0 Å². The first-order valence-electron chi connectivity index (χ1n) is 23.9. The van der Waals surface area contributed by atoms with Gasteiger partial charge in [-0.15, -0.1) is 0 Å². The molecule has 0 aromatic heterocycles. The molecule has 12 heteroatoms. The molecule has 342 valence electrons. The number of ether oxygens (including phenoxy) is 5. The fourth-order valence-corrected chi connectivity index (χ4v) is 18.3. The van der Waals surface area contributed by atoms with E-state index in [1.807, 2.05) is 34.1 Å². The number of hydrogen-bond acceptors (Lipinski definition) is 11. The smallest absolute Gasteiger partial charge is 0.870 e. The molecule has 14 rings (SSSR count). The molecule has 8 fully saturated rings. The number of phenolic OH excluding ortho intramolecular Hbond substituents is 1. The van der Waals surface area contributed by atoms with Crippen molar-refractivity contribution in [3.05, 3.63) is 46.5 Å². The van der Waals surface area contributed by atoms with Gasteiger partial charge in [0.15, 0.2) is 23.0 Å². The number of hydrogen-bond donors (Lipinski definition) is 3. The van der Waals surface area contributed by atoms with Crippen LogP contribution in [-0.2, 0) is 33.1 Å². The summed E-state index contributed by atoms with van der Waals surface area (Å²) < 4.78 is 32.5. The quantitative estimate of drug-likeness (QED) is 0.316. The van der Waals surface area contributed by atoms with Crippen LogP contribution in [0.4, 0.5) is 0 Å². The monoisotopic (exact) mass is 896 g/mol. The van der Waals surface area contributed by atoms with Gasteiger partial charge in [0.1, 0.15) is 23.4 Å². The van der Waals surface area contributed by atoms with Crippen molar-refractivity contribution in [3.63, 3.8) is 0 Å². The SMILES string of the molecule is CCC[C@](C)(O)[C@H]1C[C@@]23CC[C@]1(OC)[C@@H]1Oc4c(O)ccc5c4[C@@]12CCN(C)[C@@H]3C5.CCC[C@](C)(O)[C@H]1C[C@@]23CC[C@]1(OC)[C@@H]1Oc4c(OC)ccc5c4[C@@]12CCN(C)[C@@H]3C5.[K+].[OH-]. The minimum atomic E-state index is -0.798. The second-order valence-corrected chi connectivity index (χ2v) is 22.3. The Kier molecular flexibility index (Phi) is 11.4. The number of benzene rings is 2. The summed E-state index contributed by atoms with van der Waals surface area (Å²) in [6.07, 6.45) is 13.5. The van der Waals surface area contributed by atoms with E-state index in [4.69, 9.17) is 23.7 Å². The van der Waals surface area contributed by atoms with Gasteiger partial charge in [-0.1, -0.05) is 38.8 Å². The van der Waals surface area contributed by atoms with Crippen LogP contribution in [-0.4, -0.2) is 126 Å². The zero-order chi connectivity index (χ0) is 42.9. The second kappa shape index (κ2) is 15.2. The molecule has 2 aromatic rings. The zero-order valence-corrected chi connectivity index (χ0v) is 42.9. The van der Waals surface area contributed by atoms with Gasteiger partial charge < -0.3 is 54.3 Å². The number of nitrogens with zero attached hydrogens (tertiary/aromatic N) is 2. The molecule has 12 aliphatic rings. The van der Waals surface area contributed by atoms with Gasteiger partial charge in [0.2, 0.25) is 0 Å². The molecule has 0 radical (unpaired) electrons. The Morgan fingerprint density at radius 1 is 0.683 bits per heavy atom. The van der Waals surface area contributed by atoms with E-state index in [-0.39, 0.29) is 108 Å². The summed E-state index contributed by atoms with van der Waals surface area (Å²) in [6, 6.07) is 9.21. The Labute approximate surface area is 418 Å². The first-order chi connectivity index (χ1) is 29.1. The predicted molar refractivity (Wildman–Crippen MR) is 235 cm³/mol. The number of phenols is 1. The average Bonchev–Trinajstić information content (AvgIpc) is 3.81. The summed E-state index contributed by atoms with van der Waals surface area (Å²) in [4.78, 5) is 5.16. The topological polar surface area (TPSA) is 143 Å². The van der Waals surface area contributed by atoms with Crippen LogP contribution in [0.2, 0.25) is 0 Å². The number of rotatable bonds is 9. The van der Waals surface area contributed by atoms with Crippen molar-refractivity contribution in [1.82, 2.24) is 9.80 Å². The van der Waals surface area contributed by atoms with Crippen molar-refractivity contribution in [2.75, 3.05) is 48.5 Å². The van der Waals surface area contributed by atoms with Gasteiger partial charge in [0, 0.05) is 70.9 Å². The molecule has 8 aliphatic carbocycles. The van der Waals surface area contributed by atoms with E-state index < -0.39 is 22.4 Å².